The van der Waals surface area contributed by atoms with Crippen molar-refractivity contribution in [1.29, 1.82) is 0 Å². The van der Waals surface area contributed by atoms with E-state index in [-0.39, 0.29) is 17.9 Å². The highest BCUT2D eigenvalue weighted by Crippen LogP contribution is 2.38. The molecule has 3 nitrogen and oxygen atoms in total. The van der Waals surface area contributed by atoms with Gasteiger partial charge in [0.15, 0.2) is 0 Å². The molecule has 3 rings (SSSR count). The third kappa shape index (κ3) is 1.81. The van der Waals surface area contributed by atoms with Gasteiger partial charge >= 0.3 is 0 Å². The van der Waals surface area contributed by atoms with Gasteiger partial charge in [-0.1, -0.05) is 24.6 Å². The van der Waals surface area contributed by atoms with Crippen molar-refractivity contribution < 1.29 is 4.79 Å². The number of nitrogens with zero attached hydrogens (tertiary/aromatic N) is 1. The highest BCUT2D eigenvalue weighted by Gasteiger charge is 2.41. The number of benzene rings is 1. The van der Waals surface area contributed by atoms with Gasteiger partial charge in [0.1, 0.15) is 0 Å². The van der Waals surface area contributed by atoms with Gasteiger partial charge in [0.25, 0.3) is 5.91 Å². The molecule has 2 aliphatic rings. The Hall–Kier alpha value is -0.770. The molecule has 1 saturated heterocycles. The maximum atomic E-state index is 12.1. The smallest absolute Gasteiger partial charge is 0.253 e. The van der Waals surface area contributed by atoms with Crippen LogP contribution >= 0.6 is 23.4 Å². The second-order valence-corrected chi connectivity index (χ2v) is 5.79. The number of amides is 1. The van der Waals surface area contributed by atoms with Gasteiger partial charge in [-0.2, -0.15) is 0 Å². The van der Waals surface area contributed by atoms with Crippen LogP contribution in [0.3, 0.4) is 0 Å². The van der Waals surface area contributed by atoms with E-state index in [0.717, 1.165) is 18.5 Å². The number of carbonyl (C=O) groups is 1. The molecule has 1 aromatic rings. The number of nitrogens with one attached hydrogen (secondary N) is 1. The van der Waals surface area contributed by atoms with Crippen LogP contribution < -0.4 is 5.32 Å². The molecule has 2 heterocycles. The Kier molecular flexibility index (Phi) is 3.00. The molecule has 5 heteroatoms. The number of fused-ring (bicyclic) bond motifs is 3. The lowest BCUT2D eigenvalue weighted by molar-refractivity contribution is 0.0924. The molecular weight excluding hydrogens is 271 g/mol. The van der Waals surface area contributed by atoms with Crippen LogP contribution in [-0.2, 0) is 6.42 Å². The van der Waals surface area contributed by atoms with E-state index in [9.17, 15) is 4.79 Å². The number of hydrogen-bond donors (Lipinski definition) is 1. The number of rotatable bonds is 1. The molecule has 0 saturated carbocycles. The highest BCUT2D eigenvalue weighted by molar-refractivity contribution is 6.34. The maximum Gasteiger partial charge on any atom is 0.253 e. The van der Waals surface area contributed by atoms with Gasteiger partial charge in [0.2, 0.25) is 0 Å². The molecule has 1 amide bonds. The van der Waals surface area contributed by atoms with Crippen LogP contribution in [0, 0.1) is 0 Å². The van der Waals surface area contributed by atoms with E-state index in [1.165, 1.54) is 5.56 Å². The highest BCUT2D eigenvalue weighted by atomic mass is 35.5. The number of carbonyl (C=O) groups excluding carboxylic acids is 1. The number of halogens is 2. The van der Waals surface area contributed by atoms with Crippen molar-refractivity contribution in [1.82, 2.24) is 9.74 Å². The summed E-state index contributed by atoms with van der Waals surface area (Å²) in [5.74, 6) is 0.171. The second-order valence-electron chi connectivity index (χ2n) is 4.91. The Labute approximate surface area is 116 Å². The Morgan fingerprint density at radius 2 is 2.22 bits per heavy atom. The predicted molar refractivity (Wildman–Crippen MR) is 72.3 cm³/mol. The molecule has 0 aliphatic carbocycles. The summed E-state index contributed by atoms with van der Waals surface area (Å²) in [6.07, 6.45) is 0.913. The Balaban J connectivity index is 2.14. The van der Waals surface area contributed by atoms with Crippen molar-refractivity contribution in [3.63, 3.8) is 0 Å². The first-order valence-electron chi connectivity index (χ1n) is 6.14. The van der Waals surface area contributed by atoms with Crippen LogP contribution in [0.1, 0.15) is 34.3 Å². The van der Waals surface area contributed by atoms with Crippen LogP contribution in [0.15, 0.2) is 12.1 Å². The molecule has 0 aromatic heterocycles. The molecule has 1 fully saturated rings. The molecule has 0 bridgehead atoms. The number of hydrogen-bond acceptors (Lipinski definition) is 2. The fraction of sp³-hybridized carbons (Fsp3) is 0.462. The SMILES string of the molecule is CCc1cc(Cl)c2c(c1)[C@H]1CN(Cl)C[C@@H]1NC2=O. The molecule has 1 N–H and O–H groups in total. The predicted octanol–water partition coefficient (Wildman–Crippen LogP) is 2.57. The zero-order valence-electron chi connectivity index (χ0n) is 10.0. The Bertz CT molecular complexity index is 518. The fourth-order valence-corrected chi connectivity index (χ4v) is 3.51. The lowest BCUT2D eigenvalue weighted by Gasteiger charge is -2.29. The average Bonchev–Trinajstić information content (AvgIpc) is 2.69. The minimum absolute atomic E-state index is 0.0779. The summed E-state index contributed by atoms with van der Waals surface area (Å²) < 4.78 is 1.73. The third-order valence-corrected chi connectivity index (χ3v) is 4.38. The van der Waals surface area contributed by atoms with Crippen molar-refractivity contribution in [2.24, 2.45) is 0 Å². The largest absolute Gasteiger partial charge is 0.347 e. The van der Waals surface area contributed by atoms with E-state index in [2.05, 4.69) is 18.3 Å². The summed E-state index contributed by atoms with van der Waals surface area (Å²) in [5, 5.41) is 3.54. The zero-order valence-corrected chi connectivity index (χ0v) is 11.6. The normalized spacial score (nSPS) is 26.7. The van der Waals surface area contributed by atoms with E-state index in [4.69, 9.17) is 23.4 Å². The maximum absolute atomic E-state index is 12.1. The molecule has 96 valence electrons. The van der Waals surface area contributed by atoms with Crippen molar-refractivity contribution in [2.45, 2.75) is 25.3 Å². The summed E-state index contributed by atoms with van der Waals surface area (Å²) in [6.45, 7) is 3.52. The third-order valence-electron chi connectivity index (χ3n) is 3.81. The first-order valence-corrected chi connectivity index (χ1v) is 6.85. The van der Waals surface area contributed by atoms with Gasteiger partial charge in [-0.15, -0.1) is 0 Å². The van der Waals surface area contributed by atoms with Crippen LogP contribution in [0.4, 0.5) is 0 Å². The minimum Gasteiger partial charge on any atom is -0.347 e. The van der Waals surface area contributed by atoms with Gasteiger partial charge in [0, 0.05) is 19.0 Å². The molecule has 0 radical (unpaired) electrons. The van der Waals surface area contributed by atoms with Crippen molar-refractivity contribution in [3.05, 3.63) is 33.8 Å². The lowest BCUT2D eigenvalue weighted by Crippen LogP contribution is -2.44. The molecule has 2 atom stereocenters. The second kappa shape index (κ2) is 4.41. The van der Waals surface area contributed by atoms with Gasteiger partial charge in [-0.3, -0.25) is 4.79 Å². The molecule has 2 aliphatic heterocycles. The molecule has 0 spiro atoms. The number of aryl methyl sites for hydroxylation is 1. The van der Waals surface area contributed by atoms with Crippen LogP contribution in [0.25, 0.3) is 0 Å². The Morgan fingerprint density at radius 1 is 1.44 bits per heavy atom. The Morgan fingerprint density at radius 3 is 2.94 bits per heavy atom. The van der Waals surface area contributed by atoms with Crippen molar-refractivity contribution >= 4 is 29.3 Å². The molecule has 0 unspecified atom stereocenters. The summed E-state index contributed by atoms with van der Waals surface area (Å²) in [6, 6.07) is 4.09. The summed E-state index contributed by atoms with van der Waals surface area (Å²) in [7, 11) is 0. The summed E-state index contributed by atoms with van der Waals surface area (Å²) >= 11 is 12.3. The monoisotopic (exact) mass is 284 g/mol. The van der Waals surface area contributed by atoms with Gasteiger partial charge in [-0.05, 0) is 35.4 Å². The minimum atomic E-state index is -0.0779. The quantitative estimate of drug-likeness (QED) is 0.804. The van der Waals surface area contributed by atoms with Crippen molar-refractivity contribution in [2.75, 3.05) is 13.1 Å². The zero-order chi connectivity index (χ0) is 12.9. The van der Waals surface area contributed by atoms with Crippen LogP contribution in [0.5, 0.6) is 0 Å². The van der Waals surface area contributed by atoms with E-state index >= 15 is 0 Å². The van der Waals surface area contributed by atoms with Crippen molar-refractivity contribution in [3.8, 4) is 0 Å². The molecular formula is C13H14Cl2N2O. The molecule has 18 heavy (non-hydrogen) atoms. The lowest BCUT2D eigenvalue weighted by atomic mass is 9.85. The van der Waals surface area contributed by atoms with Gasteiger partial charge < -0.3 is 5.32 Å². The van der Waals surface area contributed by atoms with E-state index in [1.807, 2.05) is 6.07 Å². The summed E-state index contributed by atoms with van der Waals surface area (Å²) in [4.78, 5) is 12.1. The van der Waals surface area contributed by atoms with Gasteiger partial charge in [-0.25, -0.2) is 4.42 Å². The van der Waals surface area contributed by atoms with E-state index < -0.39 is 0 Å². The van der Waals surface area contributed by atoms with E-state index in [0.29, 0.717) is 17.1 Å². The first kappa shape index (κ1) is 12.3. The van der Waals surface area contributed by atoms with Crippen LogP contribution in [-0.4, -0.2) is 29.5 Å². The molecule has 1 aromatic carbocycles. The van der Waals surface area contributed by atoms with E-state index in [1.54, 1.807) is 4.42 Å². The first-order chi connectivity index (χ1) is 8.60. The standard InChI is InChI=1S/C13H14Cl2N2O/c1-2-7-3-8-9-5-17(15)6-11(9)16-13(18)12(8)10(14)4-7/h3-4,9,11H,2,5-6H2,1H3,(H,16,18)/t9-,11+/m1/s1. The van der Waals surface area contributed by atoms with Crippen LogP contribution in [0.2, 0.25) is 5.02 Å². The topological polar surface area (TPSA) is 32.3 Å². The summed E-state index contributed by atoms with van der Waals surface area (Å²) in [5.41, 5.74) is 2.85. The van der Waals surface area contributed by atoms with Gasteiger partial charge in [0.05, 0.1) is 16.6 Å². The fourth-order valence-electron chi connectivity index (χ4n) is 2.88. The average molecular weight is 285 g/mol.